The second kappa shape index (κ2) is 9.64. The first-order valence-electron chi connectivity index (χ1n) is 8.71. The van der Waals surface area contributed by atoms with E-state index in [0.717, 1.165) is 38.6 Å². The van der Waals surface area contributed by atoms with Gasteiger partial charge >= 0.3 is 0 Å². The fraction of sp³-hybridized carbons (Fsp3) is 0.556. The highest BCUT2D eigenvalue weighted by atomic mass is 35.5. The summed E-state index contributed by atoms with van der Waals surface area (Å²) in [5.41, 5.74) is 0.984. The third-order valence-electron chi connectivity index (χ3n) is 4.15. The molecule has 1 aromatic rings. The molecule has 2 amide bonds. The van der Waals surface area contributed by atoms with Gasteiger partial charge < -0.3 is 16.0 Å². The van der Waals surface area contributed by atoms with Crippen molar-refractivity contribution in [2.75, 3.05) is 18.4 Å². The Bertz CT molecular complexity index is 571. The van der Waals surface area contributed by atoms with Crippen molar-refractivity contribution in [3.8, 4) is 0 Å². The smallest absolute Gasteiger partial charge is 0.253 e. The minimum atomic E-state index is -0.174. The molecule has 0 saturated heterocycles. The first kappa shape index (κ1) is 18.7. The predicted molar refractivity (Wildman–Crippen MR) is 97.6 cm³/mol. The number of halogens is 1. The van der Waals surface area contributed by atoms with E-state index in [1.165, 1.54) is 6.42 Å². The molecule has 0 heterocycles. The van der Waals surface area contributed by atoms with Gasteiger partial charge in [-0.15, -0.1) is 0 Å². The van der Waals surface area contributed by atoms with Crippen LogP contribution in [0.5, 0.6) is 0 Å². The van der Waals surface area contributed by atoms with Gasteiger partial charge in [0.2, 0.25) is 5.91 Å². The quantitative estimate of drug-likeness (QED) is 0.660. The van der Waals surface area contributed by atoms with Gasteiger partial charge in [-0.05, 0) is 44.0 Å². The van der Waals surface area contributed by atoms with Crippen LogP contribution in [0.2, 0.25) is 5.02 Å². The highest BCUT2D eigenvalue weighted by Gasteiger charge is 2.18. The molecule has 1 aliphatic carbocycles. The van der Waals surface area contributed by atoms with Crippen LogP contribution in [-0.4, -0.2) is 30.9 Å². The average Bonchev–Trinajstić information content (AvgIpc) is 2.57. The molecule has 0 aliphatic heterocycles. The van der Waals surface area contributed by atoms with Crippen molar-refractivity contribution in [2.45, 2.75) is 51.5 Å². The van der Waals surface area contributed by atoms with E-state index in [2.05, 4.69) is 16.0 Å². The van der Waals surface area contributed by atoms with Crippen molar-refractivity contribution in [2.24, 2.45) is 0 Å². The summed E-state index contributed by atoms with van der Waals surface area (Å²) in [6.07, 6.45) is 6.55. The summed E-state index contributed by atoms with van der Waals surface area (Å²) >= 11 is 6.16. The van der Waals surface area contributed by atoms with Crippen molar-refractivity contribution in [3.05, 3.63) is 28.8 Å². The molecule has 2 rings (SSSR count). The van der Waals surface area contributed by atoms with Gasteiger partial charge in [-0.2, -0.15) is 0 Å². The lowest BCUT2D eigenvalue weighted by Crippen LogP contribution is -2.36. The normalized spacial score (nSPS) is 15.1. The zero-order valence-electron chi connectivity index (χ0n) is 14.2. The standard InChI is InChI=1S/C18H26ClN3O2/c1-2-10-20-12-17(23)21-14-8-9-16(19)15(11-14)18(24)22-13-6-4-3-5-7-13/h8-9,11,13,20H,2-7,10,12H2,1H3,(H,21,23)(H,22,24). The Labute approximate surface area is 148 Å². The van der Waals surface area contributed by atoms with Crippen LogP contribution in [-0.2, 0) is 4.79 Å². The Kier molecular flexibility index (Phi) is 7.53. The number of benzene rings is 1. The Balaban J connectivity index is 1.96. The maximum Gasteiger partial charge on any atom is 0.253 e. The van der Waals surface area contributed by atoms with E-state index in [9.17, 15) is 9.59 Å². The van der Waals surface area contributed by atoms with Crippen LogP contribution >= 0.6 is 11.6 Å². The zero-order chi connectivity index (χ0) is 17.4. The van der Waals surface area contributed by atoms with Crippen LogP contribution in [0.4, 0.5) is 5.69 Å². The van der Waals surface area contributed by atoms with Crippen molar-refractivity contribution in [3.63, 3.8) is 0 Å². The molecule has 1 fully saturated rings. The molecule has 132 valence electrons. The monoisotopic (exact) mass is 351 g/mol. The minimum absolute atomic E-state index is 0.135. The van der Waals surface area contributed by atoms with E-state index < -0.39 is 0 Å². The Morgan fingerprint density at radius 3 is 2.67 bits per heavy atom. The van der Waals surface area contributed by atoms with Crippen LogP contribution in [0.15, 0.2) is 18.2 Å². The molecule has 0 atom stereocenters. The second-order valence-electron chi connectivity index (χ2n) is 6.23. The highest BCUT2D eigenvalue weighted by Crippen LogP contribution is 2.22. The summed E-state index contributed by atoms with van der Waals surface area (Å²) in [6.45, 7) is 3.09. The topological polar surface area (TPSA) is 70.2 Å². The molecule has 3 N–H and O–H groups in total. The third-order valence-corrected chi connectivity index (χ3v) is 4.48. The van der Waals surface area contributed by atoms with Crippen LogP contribution < -0.4 is 16.0 Å². The molecule has 6 heteroatoms. The Morgan fingerprint density at radius 1 is 1.21 bits per heavy atom. The molecule has 5 nitrogen and oxygen atoms in total. The van der Waals surface area contributed by atoms with Gasteiger partial charge in [0, 0.05) is 11.7 Å². The van der Waals surface area contributed by atoms with Crippen LogP contribution in [0.25, 0.3) is 0 Å². The molecule has 0 radical (unpaired) electrons. The number of anilines is 1. The molecular formula is C18H26ClN3O2. The molecule has 0 spiro atoms. The van der Waals surface area contributed by atoms with Crippen molar-refractivity contribution >= 4 is 29.1 Å². The molecule has 1 saturated carbocycles. The minimum Gasteiger partial charge on any atom is -0.349 e. The first-order chi connectivity index (χ1) is 11.6. The van der Waals surface area contributed by atoms with Gasteiger partial charge in [0.25, 0.3) is 5.91 Å². The molecule has 0 unspecified atom stereocenters. The van der Waals surface area contributed by atoms with Crippen molar-refractivity contribution < 1.29 is 9.59 Å². The SMILES string of the molecule is CCCNCC(=O)Nc1ccc(Cl)c(C(=O)NC2CCCCC2)c1. The highest BCUT2D eigenvalue weighted by molar-refractivity contribution is 6.34. The number of amides is 2. The van der Waals surface area contributed by atoms with E-state index in [4.69, 9.17) is 11.6 Å². The molecule has 24 heavy (non-hydrogen) atoms. The summed E-state index contributed by atoms with van der Waals surface area (Å²) in [6, 6.07) is 5.21. The molecule has 0 bridgehead atoms. The molecular weight excluding hydrogens is 326 g/mol. The number of hydrogen-bond acceptors (Lipinski definition) is 3. The van der Waals surface area contributed by atoms with Crippen LogP contribution in [0.1, 0.15) is 55.8 Å². The lowest BCUT2D eigenvalue weighted by atomic mass is 9.95. The van der Waals surface area contributed by atoms with Gasteiger partial charge in [0.05, 0.1) is 17.1 Å². The summed E-state index contributed by atoms with van der Waals surface area (Å²) < 4.78 is 0. The lowest BCUT2D eigenvalue weighted by Gasteiger charge is -2.23. The van der Waals surface area contributed by atoms with E-state index >= 15 is 0 Å². The van der Waals surface area contributed by atoms with E-state index in [0.29, 0.717) is 16.3 Å². The maximum absolute atomic E-state index is 12.5. The number of rotatable bonds is 7. The van der Waals surface area contributed by atoms with Crippen molar-refractivity contribution in [1.82, 2.24) is 10.6 Å². The van der Waals surface area contributed by atoms with E-state index in [1.807, 2.05) is 6.92 Å². The van der Waals surface area contributed by atoms with E-state index in [1.54, 1.807) is 18.2 Å². The largest absolute Gasteiger partial charge is 0.349 e. The van der Waals surface area contributed by atoms with Gasteiger partial charge in [-0.25, -0.2) is 0 Å². The van der Waals surface area contributed by atoms with Crippen LogP contribution in [0.3, 0.4) is 0 Å². The van der Waals surface area contributed by atoms with Gasteiger partial charge in [-0.1, -0.05) is 37.8 Å². The Hall–Kier alpha value is -1.59. The van der Waals surface area contributed by atoms with Gasteiger partial charge in [0.15, 0.2) is 0 Å². The summed E-state index contributed by atoms with van der Waals surface area (Å²) in [5, 5.41) is 9.27. The van der Waals surface area contributed by atoms with Crippen LogP contribution in [0, 0.1) is 0 Å². The van der Waals surface area contributed by atoms with Gasteiger partial charge in [0.1, 0.15) is 0 Å². The fourth-order valence-corrected chi connectivity index (χ4v) is 3.07. The molecule has 1 aliphatic rings. The summed E-state index contributed by atoms with van der Waals surface area (Å²) in [4.78, 5) is 24.3. The number of carbonyl (C=O) groups excluding carboxylic acids is 2. The Morgan fingerprint density at radius 2 is 1.96 bits per heavy atom. The van der Waals surface area contributed by atoms with Crippen molar-refractivity contribution in [1.29, 1.82) is 0 Å². The second-order valence-corrected chi connectivity index (χ2v) is 6.64. The summed E-state index contributed by atoms with van der Waals surface area (Å²) in [5.74, 6) is -0.309. The molecule has 1 aromatic carbocycles. The average molecular weight is 352 g/mol. The summed E-state index contributed by atoms with van der Waals surface area (Å²) in [7, 11) is 0. The molecule has 0 aromatic heterocycles. The fourth-order valence-electron chi connectivity index (χ4n) is 2.87. The third kappa shape index (κ3) is 5.80. The lowest BCUT2D eigenvalue weighted by molar-refractivity contribution is -0.115. The van der Waals surface area contributed by atoms with Gasteiger partial charge in [-0.3, -0.25) is 9.59 Å². The number of nitrogens with one attached hydrogen (secondary N) is 3. The zero-order valence-corrected chi connectivity index (χ0v) is 14.9. The predicted octanol–water partition coefficient (Wildman–Crippen LogP) is 3.34. The number of hydrogen-bond donors (Lipinski definition) is 3. The first-order valence-corrected chi connectivity index (χ1v) is 9.09. The maximum atomic E-state index is 12.5. The number of carbonyl (C=O) groups is 2. The van der Waals surface area contributed by atoms with E-state index in [-0.39, 0.29) is 24.4 Å².